The van der Waals surface area contributed by atoms with Gasteiger partial charge < -0.3 is 16.0 Å². The number of rotatable bonds is 7. The van der Waals surface area contributed by atoms with Crippen LogP contribution in [0.5, 0.6) is 5.75 Å². The van der Waals surface area contributed by atoms with E-state index >= 15 is 0 Å². The number of fused-ring (bicyclic) bond motifs is 1. The van der Waals surface area contributed by atoms with Gasteiger partial charge in [-0.1, -0.05) is 48.4 Å². The molecular formula is C29H30N4OS. The van der Waals surface area contributed by atoms with Gasteiger partial charge in [0.1, 0.15) is 18.2 Å². The van der Waals surface area contributed by atoms with Gasteiger partial charge in [0.2, 0.25) is 0 Å². The number of amidine groups is 1. The number of nitrogens with two attached hydrogens (primary N) is 2. The summed E-state index contributed by atoms with van der Waals surface area (Å²) in [7, 11) is 0. The number of thiophene rings is 1. The number of ether oxygens (including phenoxy) is 1. The summed E-state index contributed by atoms with van der Waals surface area (Å²) in [6.07, 6.45) is 0.511. The maximum atomic E-state index is 6.13. The van der Waals surface area contributed by atoms with Gasteiger partial charge in [0.15, 0.2) is 0 Å². The Morgan fingerprint density at radius 1 is 1.09 bits per heavy atom. The molecule has 0 amide bonds. The molecule has 1 aromatic heterocycles. The molecule has 178 valence electrons. The lowest BCUT2D eigenvalue weighted by molar-refractivity contribution is 0.306. The summed E-state index contributed by atoms with van der Waals surface area (Å²) in [5.41, 5.74) is 8.63. The largest absolute Gasteiger partial charge is 0.489 e. The van der Waals surface area contributed by atoms with Crippen LogP contribution in [0.1, 0.15) is 40.8 Å². The second kappa shape index (κ2) is 11.1. The first-order valence-electron chi connectivity index (χ1n) is 11.5. The molecule has 6 heteroatoms. The lowest BCUT2D eigenvalue weighted by Gasteiger charge is -2.13. The number of hydrogen-bond donors (Lipinski definition) is 3. The normalized spacial score (nSPS) is 12.2. The van der Waals surface area contributed by atoms with Crippen molar-refractivity contribution in [1.82, 2.24) is 5.43 Å². The van der Waals surface area contributed by atoms with Gasteiger partial charge in [-0.15, -0.1) is 17.3 Å². The Morgan fingerprint density at radius 2 is 1.86 bits per heavy atom. The number of hydrazine groups is 1. The maximum absolute atomic E-state index is 6.13. The van der Waals surface area contributed by atoms with Crippen LogP contribution in [0, 0.1) is 25.7 Å². The molecule has 0 aliphatic rings. The molecule has 5 N–H and O–H groups in total. The minimum atomic E-state index is -0.0588. The molecular weight excluding hydrogens is 452 g/mol. The quantitative estimate of drug-likeness (QED) is 0.0992. The molecule has 35 heavy (non-hydrogen) atoms. The lowest BCUT2D eigenvalue weighted by atomic mass is 9.95. The summed E-state index contributed by atoms with van der Waals surface area (Å²) in [5.74, 6) is 18.3. The first kappa shape index (κ1) is 24.3. The second-order valence-corrected chi connectivity index (χ2v) is 9.66. The van der Waals surface area contributed by atoms with E-state index in [1.165, 1.54) is 31.7 Å². The molecule has 0 fully saturated rings. The summed E-state index contributed by atoms with van der Waals surface area (Å²) in [6, 6.07) is 23.2. The van der Waals surface area contributed by atoms with Crippen LogP contribution >= 0.6 is 11.3 Å². The highest BCUT2D eigenvalue weighted by molar-refractivity contribution is 7.19. The van der Waals surface area contributed by atoms with Crippen LogP contribution in [0.3, 0.4) is 0 Å². The van der Waals surface area contributed by atoms with E-state index in [1.54, 1.807) is 0 Å². The van der Waals surface area contributed by atoms with Gasteiger partial charge >= 0.3 is 0 Å². The monoisotopic (exact) mass is 482 g/mol. The number of aryl methyl sites for hydroxylation is 2. The lowest BCUT2D eigenvalue weighted by Crippen LogP contribution is -2.32. The number of nitrogens with one attached hydrogen (secondary N) is 1. The Balaban J connectivity index is 1.52. The van der Waals surface area contributed by atoms with Crippen LogP contribution < -0.4 is 21.8 Å². The molecule has 3 aromatic carbocycles. The van der Waals surface area contributed by atoms with Crippen molar-refractivity contribution in [3.8, 4) is 28.7 Å². The third kappa shape index (κ3) is 5.48. The molecule has 0 aliphatic heterocycles. The molecule has 0 radical (unpaired) electrons. The van der Waals surface area contributed by atoms with Crippen molar-refractivity contribution < 1.29 is 4.74 Å². The molecule has 4 rings (SSSR count). The molecule has 0 bridgehead atoms. The molecule has 0 spiro atoms. The van der Waals surface area contributed by atoms with Gasteiger partial charge in [0, 0.05) is 26.9 Å². The fourth-order valence-corrected chi connectivity index (χ4v) is 5.34. The van der Waals surface area contributed by atoms with E-state index in [9.17, 15) is 0 Å². The van der Waals surface area contributed by atoms with Gasteiger partial charge in [-0.3, -0.25) is 0 Å². The summed E-state index contributed by atoms with van der Waals surface area (Å²) in [6.45, 7) is 6.68. The Morgan fingerprint density at radius 3 is 2.54 bits per heavy atom. The number of nitrogens with zero attached hydrogens (tertiary/aromatic N) is 1. The van der Waals surface area contributed by atoms with Crippen LogP contribution in [0.4, 0.5) is 0 Å². The molecule has 0 saturated heterocycles. The SMILES string of the molecule is CC#CC(C/C(=N/N)NN)c1ccc(OCc2ccc3sc(C)c(-c4ccccc4C)c3c2)cc1. The average molecular weight is 483 g/mol. The Kier molecular flexibility index (Phi) is 7.71. The standard InChI is InChI=1S/C29H30N4OS/c1-4-7-23(17-28(32-30)33-31)22-11-13-24(14-12-22)34-18-21-10-15-27-26(16-21)29(20(3)35-27)25-9-6-5-8-19(25)2/h5-6,8-16,23H,17-18,30-31H2,1-3H3,(H,32,33). The van der Waals surface area contributed by atoms with Crippen molar-refractivity contribution in [1.29, 1.82) is 0 Å². The second-order valence-electron chi connectivity index (χ2n) is 8.41. The fourth-order valence-electron chi connectivity index (χ4n) is 4.28. The van der Waals surface area contributed by atoms with E-state index in [0.29, 0.717) is 18.9 Å². The van der Waals surface area contributed by atoms with Crippen molar-refractivity contribution >= 4 is 27.3 Å². The number of hydrogen-bond acceptors (Lipinski definition) is 5. The van der Waals surface area contributed by atoms with E-state index in [2.05, 4.69) is 78.7 Å². The van der Waals surface area contributed by atoms with Crippen molar-refractivity contribution in [2.24, 2.45) is 16.8 Å². The molecule has 1 heterocycles. The highest BCUT2D eigenvalue weighted by atomic mass is 32.1. The molecule has 1 atom stereocenters. The fraction of sp³-hybridized carbons (Fsp3) is 0.207. The first-order valence-corrected chi connectivity index (χ1v) is 12.3. The summed E-state index contributed by atoms with van der Waals surface area (Å²) in [5, 5.41) is 4.96. The van der Waals surface area contributed by atoms with Crippen molar-refractivity contribution in [2.75, 3.05) is 0 Å². The van der Waals surface area contributed by atoms with Crippen LogP contribution in [-0.2, 0) is 6.61 Å². The van der Waals surface area contributed by atoms with E-state index in [-0.39, 0.29) is 5.92 Å². The molecule has 4 aromatic rings. The minimum absolute atomic E-state index is 0.0588. The van der Waals surface area contributed by atoms with Gasteiger partial charge in [0.25, 0.3) is 0 Å². The number of hydrazone groups is 1. The predicted molar refractivity (Wildman–Crippen MR) is 147 cm³/mol. The summed E-state index contributed by atoms with van der Waals surface area (Å²) >= 11 is 1.84. The molecule has 0 saturated carbocycles. The third-order valence-electron chi connectivity index (χ3n) is 6.07. The minimum Gasteiger partial charge on any atom is -0.489 e. The molecule has 0 aliphatic carbocycles. The smallest absolute Gasteiger partial charge is 0.137 e. The highest BCUT2D eigenvalue weighted by Gasteiger charge is 2.14. The molecule has 5 nitrogen and oxygen atoms in total. The van der Waals surface area contributed by atoms with E-state index < -0.39 is 0 Å². The topological polar surface area (TPSA) is 85.7 Å². The zero-order chi connectivity index (χ0) is 24.8. The predicted octanol–water partition coefficient (Wildman–Crippen LogP) is 6.00. The van der Waals surface area contributed by atoms with E-state index in [4.69, 9.17) is 16.4 Å². The van der Waals surface area contributed by atoms with Crippen molar-refractivity contribution in [3.05, 3.63) is 88.3 Å². The number of benzene rings is 3. The van der Waals surface area contributed by atoms with Crippen LogP contribution in [0.15, 0.2) is 71.8 Å². The van der Waals surface area contributed by atoms with Crippen LogP contribution in [0.2, 0.25) is 0 Å². The van der Waals surface area contributed by atoms with Crippen molar-refractivity contribution in [2.45, 2.75) is 39.7 Å². The Hall–Kier alpha value is -3.79. The van der Waals surface area contributed by atoms with Gasteiger partial charge in [-0.2, -0.15) is 5.10 Å². The van der Waals surface area contributed by atoms with Gasteiger partial charge in [0.05, 0.1) is 5.92 Å². The zero-order valence-corrected chi connectivity index (χ0v) is 21.1. The first-order chi connectivity index (χ1) is 17.0. The average Bonchev–Trinajstić information content (AvgIpc) is 3.20. The van der Waals surface area contributed by atoms with Crippen LogP contribution in [-0.4, -0.2) is 5.84 Å². The van der Waals surface area contributed by atoms with Gasteiger partial charge in [-0.25, -0.2) is 5.84 Å². The Bertz CT molecular complexity index is 1410. The van der Waals surface area contributed by atoms with E-state index in [0.717, 1.165) is 16.9 Å². The maximum Gasteiger partial charge on any atom is 0.137 e. The molecule has 1 unspecified atom stereocenters. The van der Waals surface area contributed by atoms with Crippen LogP contribution in [0.25, 0.3) is 21.2 Å². The Labute approximate surface area is 210 Å². The highest BCUT2D eigenvalue weighted by Crippen LogP contribution is 2.40. The summed E-state index contributed by atoms with van der Waals surface area (Å²) < 4.78 is 7.42. The summed E-state index contributed by atoms with van der Waals surface area (Å²) in [4.78, 5) is 1.33. The van der Waals surface area contributed by atoms with Gasteiger partial charge in [-0.05, 0) is 67.3 Å². The van der Waals surface area contributed by atoms with E-state index in [1.807, 2.05) is 42.5 Å². The van der Waals surface area contributed by atoms with Crippen molar-refractivity contribution in [3.63, 3.8) is 0 Å². The zero-order valence-electron chi connectivity index (χ0n) is 20.3. The third-order valence-corrected chi connectivity index (χ3v) is 7.16.